The number of carbonyl (C=O) groups is 1. The second kappa shape index (κ2) is 5.74. The minimum absolute atomic E-state index is 0.184. The molecule has 0 unspecified atom stereocenters. The maximum Gasteiger partial charge on any atom is 0.323 e. The molecule has 1 saturated heterocycles. The highest BCUT2D eigenvalue weighted by molar-refractivity contribution is 5.88. The summed E-state index contributed by atoms with van der Waals surface area (Å²) in [5.41, 5.74) is 0. The zero-order valence-electron chi connectivity index (χ0n) is 12.9. The Kier molecular flexibility index (Phi) is 3.78. The second-order valence-corrected chi connectivity index (χ2v) is 5.70. The van der Waals surface area contributed by atoms with E-state index in [0.29, 0.717) is 24.1 Å². The fourth-order valence-electron chi connectivity index (χ4n) is 2.47. The van der Waals surface area contributed by atoms with E-state index < -0.39 is 0 Å². The van der Waals surface area contributed by atoms with Gasteiger partial charge < -0.3 is 9.42 Å². The molecule has 0 saturated carbocycles. The van der Waals surface area contributed by atoms with Crippen LogP contribution in [0.15, 0.2) is 10.7 Å². The molecule has 0 spiro atoms. The van der Waals surface area contributed by atoms with E-state index in [1.807, 2.05) is 13.8 Å². The Morgan fingerprint density at radius 3 is 2.95 bits per heavy atom. The molecule has 1 N–H and O–H groups in total. The number of aryl methyl sites for hydroxylation is 1. The van der Waals surface area contributed by atoms with Crippen LogP contribution in [0.25, 0.3) is 0 Å². The third-order valence-corrected chi connectivity index (χ3v) is 3.61. The number of aromatic nitrogens is 5. The summed E-state index contributed by atoms with van der Waals surface area (Å²) >= 11 is 0. The van der Waals surface area contributed by atoms with Crippen LogP contribution >= 0.6 is 0 Å². The normalized spacial score (nSPS) is 18.2. The lowest BCUT2D eigenvalue weighted by Crippen LogP contribution is -2.34. The summed E-state index contributed by atoms with van der Waals surface area (Å²) in [5.74, 6) is 1.78. The van der Waals surface area contributed by atoms with Crippen molar-refractivity contribution in [2.75, 3.05) is 11.9 Å². The van der Waals surface area contributed by atoms with E-state index in [1.54, 1.807) is 18.1 Å². The van der Waals surface area contributed by atoms with Gasteiger partial charge in [0.1, 0.15) is 6.04 Å². The lowest BCUT2D eigenvalue weighted by atomic mass is 10.2. The molecule has 0 bridgehead atoms. The maximum atomic E-state index is 12.4. The highest BCUT2D eigenvalue weighted by atomic mass is 16.5. The Hall–Kier alpha value is -2.45. The molecule has 22 heavy (non-hydrogen) atoms. The van der Waals surface area contributed by atoms with E-state index in [0.717, 1.165) is 12.8 Å². The molecule has 2 amide bonds. The topological polar surface area (TPSA) is 102 Å². The fourth-order valence-corrected chi connectivity index (χ4v) is 2.47. The van der Waals surface area contributed by atoms with Crippen molar-refractivity contribution >= 4 is 11.8 Å². The van der Waals surface area contributed by atoms with Crippen LogP contribution in [-0.4, -0.2) is 42.6 Å². The van der Waals surface area contributed by atoms with Crippen LogP contribution in [0, 0.1) is 0 Å². The third kappa shape index (κ3) is 2.78. The standard InChI is InChI=1S/C13H19N7O2/c1-8(2)11-15-12(22-17-11)9-5-4-6-20(9)13(21)14-10-7-19(3)18-16-10/h7-9H,4-6H2,1-3H3,(H,14,21)/t9-/m0/s1. The molecule has 2 aromatic heterocycles. The number of nitrogens with one attached hydrogen (secondary N) is 1. The Bertz CT molecular complexity index is 663. The van der Waals surface area contributed by atoms with Crippen molar-refractivity contribution in [1.29, 1.82) is 0 Å². The van der Waals surface area contributed by atoms with Crippen LogP contribution in [0.3, 0.4) is 0 Å². The van der Waals surface area contributed by atoms with Crippen molar-refractivity contribution in [3.05, 3.63) is 17.9 Å². The van der Waals surface area contributed by atoms with Crippen LogP contribution in [-0.2, 0) is 7.05 Å². The van der Waals surface area contributed by atoms with Gasteiger partial charge in [-0.25, -0.2) is 4.79 Å². The number of carbonyl (C=O) groups excluding carboxylic acids is 1. The van der Waals surface area contributed by atoms with E-state index >= 15 is 0 Å². The Morgan fingerprint density at radius 1 is 1.50 bits per heavy atom. The molecule has 1 fully saturated rings. The number of urea groups is 1. The number of hydrogen-bond donors (Lipinski definition) is 1. The number of hydrogen-bond acceptors (Lipinski definition) is 6. The van der Waals surface area contributed by atoms with Crippen LogP contribution < -0.4 is 5.32 Å². The van der Waals surface area contributed by atoms with Crippen molar-refractivity contribution in [1.82, 2.24) is 30.0 Å². The number of anilines is 1. The number of likely N-dealkylation sites (tertiary alicyclic amines) is 1. The monoisotopic (exact) mass is 305 g/mol. The van der Waals surface area contributed by atoms with E-state index in [9.17, 15) is 4.79 Å². The van der Waals surface area contributed by atoms with Gasteiger partial charge in [-0.05, 0) is 12.8 Å². The highest BCUT2D eigenvalue weighted by Crippen LogP contribution is 2.31. The lowest BCUT2D eigenvalue weighted by Gasteiger charge is -2.21. The zero-order valence-corrected chi connectivity index (χ0v) is 12.9. The zero-order chi connectivity index (χ0) is 15.7. The molecule has 2 aromatic rings. The smallest absolute Gasteiger partial charge is 0.323 e. The van der Waals surface area contributed by atoms with Gasteiger partial charge in [-0.15, -0.1) is 5.10 Å². The third-order valence-electron chi connectivity index (χ3n) is 3.61. The van der Waals surface area contributed by atoms with Gasteiger partial charge in [-0.3, -0.25) is 10.00 Å². The summed E-state index contributed by atoms with van der Waals surface area (Å²) in [6.45, 7) is 4.65. The van der Waals surface area contributed by atoms with Gasteiger partial charge in [0.15, 0.2) is 11.6 Å². The second-order valence-electron chi connectivity index (χ2n) is 5.70. The molecule has 3 rings (SSSR count). The summed E-state index contributed by atoms with van der Waals surface area (Å²) in [6.07, 6.45) is 3.36. The molecule has 3 heterocycles. The highest BCUT2D eigenvalue weighted by Gasteiger charge is 2.34. The molecule has 0 aromatic carbocycles. The molecule has 1 atom stereocenters. The first-order chi connectivity index (χ1) is 10.5. The van der Waals surface area contributed by atoms with Crippen molar-refractivity contribution in [2.45, 2.75) is 38.6 Å². The summed E-state index contributed by atoms with van der Waals surface area (Å²) in [4.78, 5) is 18.5. The van der Waals surface area contributed by atoms with Crippen molar-refractivity contribution < 1.29 is 9.32 Å². The van der Waals surface area contributed by atoms with Crippen molar-refractivity contribution in [3.63, 3.8) is 0 Å². The molecular formula is C13H19N7O2. The van der Waals surface area contributed by atoms with E-state index in [1.165, 1.54) is 4.68 Å². The van der Waals surface area contributed by atoms with Crippen LogP contribution in [0.2, 0.25) is 0 Å². The molecular weight excluding hydrogens is 286 g/mol. The van der Waals surface area contributed by atoms with Gasteiger partial charge in [0.25, 0.3) is 0 Å². The SMILES string of the molecule is CC(C)c1noc([C@@H]2CCCN2C(=O)Nc2cn(C)nn2)n1. The predicted molar refractivity (Wildman–Crippen MR) is 77.1 cm³/mol. The summed E-state index contributed by atoms with van der Waals surface area (Å²) < 4.78 is 6.86. The quantitative estimate of drug-likeness (QED) is 0.925. The van der Waals surface area contributed by atoms with Crippen LogP contribution in [0.4, 0.5) is 10.6 Å². The van der Waals surface area contributed by atoms with Gasteiger partial charge in [-0.1, -0.05) is 24.2 Å². The number of rotatable bonds is 3. The predicted octanol–water partition coefficient (Wildman–Crippen LogP) is 1.69. The lowest BCUT2D eigenvalue weighted by molar-refractivity contribution is 0.193. The summed E-state index contributed by atoms with van der Waals surface area (Å²) in [7, 11) is 1.74. The largest absolute Gasteiger partial charge is 0.337 e. The van der Waals surface area contributed by atoms with Crippen LogP contribution in [0.5, 0.6) is 0 Å². The van der Waals surface area contributed by atoms with E-state index in [4.69, 9.17) is 4.52 Å². The van der Waals surface area contributed by atoms with Crippen LogP contribution in [0.1, 0.15) is 50.4 Å². The first-order valence-corrected chi connectivity index (χ1v) is 7.32. The minimum Gasteiger partial charge on any atom is -0.337 e. The molecule has 9 nitrogen and oxygen atoms in total. The number of amides is 2. The van der Waals surface area contributed by atoms with Crippen molar-refractivity contribution in [3.8, 4) is 0 Å². The average molecular weight is 305 g/mol. The van der Waals surface area contributed by atoms with Gasteiger partial charge in [0.2, 0.25) is 5.89 Å². The van der Waals surface area contributed by atoms with Gasteiger partial charge in [-0.2, -0.15) is 4.98 Å². The van der Waals surface area contributed by atoms with Gasteiger partial charge in [0, 0.05) is 19.5 Å². The molecule has 118 valence electrons. The molecule has 0 radical (unpaired) electrons. The fraction of sp³-hybridized carbons (Fsp3) is 0.615. The van der Waals surface area contributed by atoms with Gasteiger partial charge in [0.05, 0.1) is 6.20 Å². The average Bonchev–Trinajstić information content (AvgIpc) is 3.16. The Labute approximate surface area is 127 Å². The van der Waals surface area contributed by atoms with Crippen molar-refractivity contribution in [2.24, 2.45) is 7.05 Å². The molecule has 1 aliphatic rings. The number of nitrogens with zero attached hydrogens (tertiary/aromatic N) is 6. The summed E-state index contributed by atoms with van der Waals surface area (Å²) in [6, 6.07) is -0.413. The summed E-state index contributed by atoms with van der Waals surface area (Å²) in [5, 5.41) is 14.4. The maximum absolute atomic E-state index is 12.4. The minimum atomic E-state index is -0.229. The molecule has 0 aliphatic carbocycles. The first-order valence-electron chi connectivity index (χ1n) is 7.32. The van der Waals surface area contributed by atoms with Gasteiger partial charge >= 0.3 is 6.03 Å². The Morgan fingerprint density at radius 2 is 2.32 bits per heavy atom. The Balaban J connectivity index is 1.73. The molecule has 1 aliphatic heterocycles. The molecule has 9 heteroatoms. The van der Waals surface area contributed by atoms with E-state index in [2.05, 4.69) is 25.8 Å². The van der Waals surface area contributed by atoms with E-state index in [-0.39, 0.29) is 18.0 Å². The first kappa shape index (κ1) is 14.5.